The Morgan fingerprint density at radius 1 is 1.18 bits per heavy atom. The largest absolute Gasteiger partial charge is 0.534 e. The van der Waals surface area contributed by atoms with Gasteiger partial charge in [-0.05, 0) is 12.1 Å². The fraction of sp³-hybridized carbons (Fsp3) is 0.167. The highest BCUT2D eigenvalue weighted by atomic mass is 32.2. The Labute approximate surface area is 122 Å². The molecule has 0 radical (unpaired) electrons. The number of halogens is 3. The molecule has 0 fully saturated rings. The number of carbonyl (C=O) groups excluding carboxylic acids is 1. The van der Waals surface area contributed by atoms with Gasteiger partial charge in [-0.1, -0.05) is 12.1 Å². The van der Waals surface area contributed by atoms with Crippen molar-refractivity contribution in [3.05, 3.63) is 30.3 Å². The van der Waals surface area contributed by atoms with Gasteiger partial charge in [-0.3, -0.25) is 4.79 Å². The molecular formula is C12H8F3NO5S. The van der Waals surface area contributed by atoms with Crippen LogP contribution < -0.4 is 8.92 Å². The van der Waals surface area contributed by atoms with E-state index in [0.717, 1.165) is 13.0 Å². The predicted molar refractivity (Wildman–Crippen MR) is 68.7 cm³/mol. The van der Waals surface area contributed by atoms with E-state index >= 15 is 0 Å². The second-order valence-corrected chi connectivity index (χ2v) is 5.59. The van der Waals surface area contributed by atoms with E-state index in [9.17, 15) is 26.4 Å². The van der Waals surface area contributed by atoms with Crippen LogP contribution in [0.5, 0.6) is 11.6 Å². The summed E-state index contributed by atoms with van der Waals surface area (Å²) >= 11 is 0. The molecule has 0 aliphatic rings. The van der Waals surface area contributed by atoms with Crippen LogP contribution in [0, 0.1) is 0 Å². The van der Waals surface area contributed by atoms with Gasteiger partial charge in [0, 0.05) is 18.4 Å². The van der Waals surface area contributed by atoms with E-state index in [1.165, 1.54) is 24.3 Å². The normalized spacial score (nSPS) is 12.2. The van der Waals surface area contributed by atoms with Gasteiger partial charge in [-0.2, -0.15) is 21.6 Å². The molecule has 0 saturated carbocycles. The van der Waals surface area contributed by atoms with Crippen molar-refractivity contribution >= 4 is 27.0 Å². The smallest absolute Gasteiger partial charge is 0.408 e. The predicted octanol–water partition coefficient (Wildman–Crippen LogP) is 2.39. The van der Waals surface area contributed by atoms with Crippen LogP contribution in [0.3, 0.4) is 0 Å². The van der Waals surface area contributed by atoms with Gasteiger partial charge < -0.3 is 8.92 Å². The summed E-state index contributed by atoms with van der Waals surface area (Å²) in [6.45, 7) is 1.11. The highest BCUT2D eigenvalue weighted by Gasteiger charge is 2.48. The van der Waals surface area contributed by atoms with Gasteiger partial charge >= 0.3 is 21.6 Å². The Kier molecular flexibility index (Phi) is 3.96. The van der Waals surface area contributed by atoms with Gasteiger partial charge in [-0.25, -0.2) is 4.98 Å². The minimum absolute atomic E-state index is 0.186. The van der Waals surface area contributed by atoms with Gasteiger partial charge in [0.05, 0.1) is 0 Å². The van der Waals surface area contributed by atoms with Crippen molar-refractivity contribution < 1.29 is 35.3 Å². The number of hydrogen-bond acceptors (Lipinski definition) is 6. The van der Waals surface area contributed by atoms with Crippen LogP contribution in [-0.4, -0.2) is 24.9 Å². The zero-order valence-corrected chi connectivity index (χ0v) is 11.7. The van der Waals surface area contributed by atoms with Crippen molar-refractivity contribution in [2.75, 3.05) is 0 Å². The fourth-order valence-corrected chi connectivity index (χ4v) is 2.00. The molecule has 6 nitrogen and oxygen atoms in total. The standard InChI is InChI=1S/C12H8F3NO5S/c1-7(17)20-10-6-5-8-3-2-4-9(11(8)16-10)21-22(18,19)12(13,14)15/h2-6H,1H3. The lowest BCUT2D eigenvalue weighted by atomic mass is 10.2. The molecule has 22 heavy (non-hydrogen) atoms. The number of alkyl halides is 3. The zero-order chi connectivity index (χ0) is 16.5. The van der Waals surface area contributed by atoms with Crippen LogP contribution in [0.25, 0.3) is 10.9 Å². The summed E-state index contributed by atoms with van der Waals surface area (Å²) in [6.07, 6.45) is 0. The third-order valence-corrected chi connectivity index (χ3v) is 3.35. The average Bonchev–Trinajstić information content (AvgIpc) is 2.37. The molecule has 0 aliphatic heterocycles. The molecule has 0 aliphatic carbocycles. The highest BCUT2D eigenvalue weighted by Crippen LogP contribution is 2.31. The van der Waals surface area contributed by atoms with Crippen molar-refractivity contribution in [1.82, 2.24) is 4.98 Å². The molecule has 1 aromatic heterocycles. The third-order valence-electron chi connectivity index (χ3n) is 2.39. The van der Waals surface area contributed by atoms with Crippen molar-refractivity contribution in [1.29, 1.82) is 0 Å². The summed E-state index contributed by atoms with van der Waals surface area (Å²) < 4.78 is 68.0. The van der Waals surface area contributed by atoms with Gasteiger partial charge in [0.1, 0.15) is 5.52 Å². The molecule has 0 unspecified atom stereocenters. The number of esters is 1. The lowest BCUT2D eigenvalue weighted by Crippen LogP contribution is -2.28. The number of rotatable bonds is 3. The Morgan fingerprint density at radius 3 is 2.45 bits per heavy atom. The fourth-order valence-electron chi connectivity index (χ4n) is 1.54. The molecule has 0 spiro atoms. The van der Waals surface area contributed by atoms with Crippen LogP contribution in [0.2, 0.25) is 0 Å². The van der Waals surface area contributed by atoms with Gasteiger partial charge in [-0.15, -0.1) is 0 Å². The second-order valence-electron chi connectivity index (χ2n) is 4.05. The van der Waals surface area contributed by atoms with E-state index in [-0.39, 0.29) is 11.4 Å². The number of carbonyl (C=O) groups is 1. The van der Waals surface area contributed by atoms with Crippen molar-refractivity contribution in [2.24, 2.45) is 0 Å². The quantitative estimate of drug-likeness (QED) is 0.487. The van der Waals surface area contributed by atoms with Gasteiger partial charge in [0.25, 0.3) is 0 Å². The summed E-state index contributed by atoms with van der Waals surface area (Å²) in [6, 6.07) is 6.50. The van der Waals surface area contributed by atoms with E-state index < -0.39 is 27.3 Å². The van der Waals surface area contributed by atoms with Gasteiger partial charge in [0.15, 0.2) is 5.75 Å². The first-order chi connectivity index (χ1) is 10.1. The molecule has 118 valence electrons. The van der Waals surface area contributed by atoms with E-state index in [4.69, 9.17) is 4.74 Å². The van der Waals surface area contributed by atoms with Crippen LogP contribution in [0.4, 0.5) is 13.2 Å². The molecule has 2 rings (SSSR count). The Hall–Kier alpha value is -2.36. The number of ether oxygens (including phenoxy) is 1. The minimum atomic E-state index is -5.83. The van der Waals surface area contributed by atoms with Gasteiger partial charge in [0.2, 0.25) is 5.88 Å². The first kappa shape index (κ1) is 16.0. The number of benzene rings is 1. The van der Waals surface area contributed by atoms with Crippen LogP contribution in [-0.2, 0) is 14.9 Å². The number of fused-ring (bicyclic) bond motifs is 1. The number of aromatic nitrogens is 1. The Balaban J connectivity index is 2.52. The third kappa shape index (κ3) is 3.27. The second kappa shape index (κ2) is 5.44. The zero-order valence-electron chi connectivity index (χ0n) is 10.9. The molecule has 0 saturated heterocycles. The van der Waals surface area contributed by atoms with Crippen molar-refractivity contribution in [3.63, 3.8) is 0 Å². The summed E-state index contributed by atoms with van der Waals surface area (Å²) in [7, 11) is -5.83. The first-order valence-electron chi connectivity index (χ1n) is 5.69. The summed E-state index contributed by atoms with van der Waals surface area (Å²) in [5, 5.41) is 0.311. The maximum atomic E-state index is 12.4. The Morgan fingerprint density at radius 2 is 1.86 bits per heavy atom. The highest BCUT2D eigenvalue weighted by molar-refractivity contribution is 7.88. The van der Waals surface area contributed by atoms with Crippen LogP contribution in [0.1, 0.15) is 6.92 Å². The summed E-state index contributed by atoms with van der Waals surface area (Å²) in [5.74, 6) is -1.50. The van der Waals surface area contributed by atoms with E-state index in [2.05, 4.69) is 9.17 Å². The van der Waals surface area contributed by atoms with E-state index in [0.29, 0.717) is 5.39 Å². The maximum absolute atomic E-state index is 12.4. The summed E-state index contributed by atoms with van der Waals surface area (Å²) in [5.41, 5.74) is -5.75. The lowest BCUT2D eigenvalue weighted by Gasteiger charge is -2.11. The van der Waals surface area contributed by atoms with E-state index in [1.54, 1.807) is 0 Å². The minimum Gasteiger partial charge on any atom is -0.408 e. The maximum Gasteiger partial charge on any atom is 0.534 e. The number of nitrogens with zero attached hydrogens (tertiary/aromatic N) is 1. The molecule has 2 aromatic rings. The molecule has 0 atom stereocenters. The lowest BCUT2D eigenvalue weighted by molar-refractivity contribution is -0.132. The molecule has 0 N–H and O–H groups in total. The molecular weight excluding hydrogens is 327 g/mol. The topological polar surface area (TPSA) is 82.6 Å². The average molecular weight is 335 g/mol. The molecule has 1 aromatic carbocycles. The first-order valence-corrected chi connectivity index (χ1v) is 7.10. The van der Waals surface area contributed by atoms with Crippen LogP contribution in [0.15, 0.2) is 30.3 Å². The molecule has 0 bridgehead atoms. The van der Waals surface area contributed by atoms with Crippen LogP contribution >= 0.6 is 0 Å². The molecule has 1 heterocycles. The summed E-state index contributed by atoms with van der Waals surface area (Å²) in [4.78, 5) is 14.6. The number of hydrogen-bond donors (Lipinski definition) is 0. The molecule has 10 heteroatoms. The molecule has 0 amide bonds. The Bertz CT molecular complexity index is 832. The van der Waals surface area contributed by atoms with Crippen molar-refractivity contribution in [3.8, 4) is 11.6 Å². The number of para-hydroxylation sites is 1. The number of pyridine rings is 1. The SMILES string of the molecule is CC(=O)Oc1ccc2cccc(OS(=O)(=O)C(F)(F)F)c2n1. The monoisotopic (exact) mass is 335 g/mol. The van der Waals surface area contributed by atoms with Crippen molar-refractivity contribution in [2.45, 2.75) is 12.4 Å². The van der Waals surface area contributed by atoms with E-state index in [1.807, 2.05) is 0 Å².